The zero-order valence-electron chi connectivity index (χ0n) is 8.48. The number of halogens is 2. The van der Waals surface area contributed by atoms with Crippen LogP contribution in [0.1, 0.15) is 12.5 Å². The molecule has 1 rings (SSSR count). The normalized spacial score (nSPS) is 15.1. The van der Waals surface area contributed by atoms with E-state index in [1.54, 1.807) is 19.2 Å². The summed E-state index contributed by atoms with van der Waals surface area (Å²) in [5, 5.41) is 2.79. The van der Waals surface area contributed by atoms with E-state index < -0.39 is 5.67 Å². The van der Waals surface area contributed by atoms with Crippen molar-refractivity contribution in [3.05, 3.63) is 35.6 Å². The second-order valence-electron chi connectivity index (χ2n) is 3.75. The molecule has 78 valence electrons. The third kappa shape index (κ3) is 3.42. The van der Waals surface area contributed by atoms with Gasteiger partial charge in [-0.25, -0.2) is 8.78 Å². The van der Waals surface area contributed by atoms with Crippen LogP contribution < -0.4 is 5.32 Å². The molecule has 0 saturated heterocycles. The van der Waals surface area contributed by atoms with Crippen molar-refractivity contribution in [3.8, 4) is 0 Å². The molecule has 1 atom stereocenters. The first-order chi connectivity index (χ1) is 6.53. The maximum atomic E-state index is 13.7. The molecule has 0 amide bonds. The molecule has 1 N–H and O–H groups in total. The number of alkyl halides is 1. The highest BCUT2D eigenvalue weighted by molar-refractivity contribution is 5.18. The fraction of sp³-hybridized carbons (Fsp3) is 0.455. The molecule has 0 aliphatic rings. The molecular formula is C11H15F2N. The molecule has 14 heavy (non-hydrogen) atoms. The van der Waals surface area contributed by atoms with E-state index in [0.29, 0.717) is 13.0 Å². The van der Waals surface area contributed by atoms with Crippen LogP contribution in [-0.4, -0.2) is 19.3 Å². The van der Waals surface area contributed by atoms with Gasteiger partial charge in [0.15, 0.2) is 0 Å². The van der Waals surface area contributed by atoms with Crippen LogP contribution in [0.25, 0.3) is 0 Å². The Kier molecular flexibility index (Phi) is 3.58. The van der Waals surface area contributed by atoms with Crippen LogP contribution in [0.15, 0.2) is 24.3 Å². The number of nitrogens with one attached hydrogen (secondary N) is 1. The second-order valence-corrected chi connectivity index (χ2v) is 3.75. The van der Waals surface area contributed by atoms with Crippen LogP contribution in [-0.2, 0) is 6.42 Å². The Bertz CT molecular complexity index is 280. The van der Waals surface area contributed by atoms with E-state index in [4.69, 9.17) is 0 Å². The Morgan fingerprint density at radius 1 is 1.29 bits per heavy atom. The smallest absolute Gasteiger partial charge is 0.124 e. The first kappa shape index (κ1) is 11.1. The van der Waals surface area contributed by atoms with Crippen molar-refractivity contribution in [1.82, 2.24) is 5.32 Å². The molecule has 1 nitrogen and oxygen atoms in total. The fourth-order valence-electron chi connectivity index (χ4n) is 1.46. The largest absolute Gasteiger partial charge is 0.317 e. The number of hydrogen-bond donors (Lipinski definition) is 1. The van der Waals surface area contributed by atoms with Crippen LogP contribution in [0.4, 0.5) is 8.78 Å². The average Bonchev–Trinajstić information content (AvgIpc) is 2.08. The predicted molar refractivity (Wildman–Crippen MR) is 53.5 cm³/mol. The predicted octanol–water partition coefficient (Wildman–Crippen LogP) is 2.32. The van der Waals surface area contributed by atoms with Crippen LogP contribution in [0.3, 0.4) is 0 Å². The highest BCUT2D eigenvalue weighted by atomic mass is 19.1. The van der Waals surface area contributed by atoms with E-state index in [0.717, 1.165) is 5.56 Å². The number of benzene rings is 1. The summed E-state index contributed by atoms with van der Waals surface area (Å²) in [7, 11) is 1.71. The molecule has 0 aliphatic heterocycles. The van der Waals surface area contributed by atoms with Gasteiger partial charge in [0.2, 0.25) is 0 Å². The summed E-state index contributed by atoms with van der Waals surface area (Å²) in [6.45, 7) is 1.83. The summed E-state index contributed by atoms with van der Waals surface area (Å²) in [5.41, 5.74) is -0.473. The summed E-state index contributed by atoms with van der Waals surface area (Å²) < 4.78 is 26.3. The van der Waals surface area contributed by atoms with Gasteiger partial charge in [-0.3, -0.25) is 0 Å². The van der Waals surface area contributed by atoms with Gasteiger partial charge < -0.3 is 5.32 Å². The van der Waals surface area contributed by atoms with Gasteiger partial charge in [0, 0.05) is 13.0 Å². The van der Waals surface area contributed by atoms with Crippen molar-refractivity contribution >= 4 is 0 Å². The standard InChI is InChI=1S/C11H15F2N/c1-11(13,8-14-2)7-9-3-5-10(12)6-4-9/h3-6,14H,7-8H2,1-2H3. The molecule has 0 spiro atoms. The minimum absolute atomic E-state index is 0.289. The summed E-state index contributed by atoms with van der Waals surface area (Å²) in [6.07, 6.45) is 0.300. The van der Waals surface area contributed by atoms with Gasteiger partial charge in [-0.1, -0.05) is 12.1 Å². The van der Waals surface area contributed by atoms with E-state index in [1.807, 2.05) is 0 Å². The molecule has 1 aromatic rings. The Hall–Kier alpha value is -0.960. The molecule has 0 saturated carbocycles. The minimum Gasteiger partial charge on any atom is -0.317 e. The summed E-state index contributed by atoms with van der Waals surface area (Å²) in [6, 6.07) is 5.93. The van der Waals surface area contributed by atoms with Crippen LogP contribution >= 0.6 is 0 Å². The van der Waals surface area contributed by atoms with E-state index in [9.17, 15) is 8.78 Å². The van der Waals surface area contributed by atoms with E-state index in [2.05, 4.69) is 5.32 Å². The third-order valence-electron chi connectivity index (χ3n) is 2.03. The first-order valence-electron chi connectivity index (χ1n) is 4.61. The van der Waals surface area contributed by atoms with Crippen LogP contribution in [0.5, 0.6) is 0 Å². The van der Waals surface area contributed by atoms with E-state index >= 15 is 0 Å². The van der Waals surface area contributed by atoms with Crippen molar-refractivity contribution in [1.29, 1.82) is 0 Å². The lowest BCUT2D eigenvalue weighted by Gasteiger charge is -2.19. The Morgan fingerprint density at radius 2 is 1.86 bits per heavy atom. The Labute approximate surface area is 83.1 Å². The molecule has 0 aromatic heterocycles. The zero-order valence-corrected chi connectivity index (χ0v) is 8.48. The van der Waals surface area contributed by atoms with Gasteiger partial charge in [0.05, 0.1) is 0 Å². The van der Waals surface area contributed by atoms with Gasteiger partial charge in [0.1, 0.15) is 11.5 Å². The summed E-state index contributed by atoms with van der Waals surface area (Å²) in [4.78, 5) is 0. The van der Waals surface area contributed by atoms with Crippen molar-refractivity contribution < 1.29 is 8.78 Å². The lowest BCUT2D eigenvalue weighted by atomic mass is 9.98. The van der Waals surface area contributed by atoms with Crippen molar-refractivity contribution in [2.75, 3.05) is 13.6 Å². The maximum Gasteiger partial charge on any atom is 0.124 e. The lowest BCUT2D eigenvalue weighted by molar-refractivity contribution is 0.188. The quantitative estimate of drug-likeness (QED) is 0.784. The Morgan fingerprint density at radius 3 is 2.36 bits per heavy atom. The molecule has 3 heteroatoms. The maximum absolute atomic E-state index is 13.7. The van der Waals surface area contributed by atoms with Gasteiger partial charge in [0.25, 0.3) is 0 Å². The molecule has 0 bridgehead atoms. The topological polar surface area (TPSA) is 12.0 Å². The lowest BCUT2D eigenvalue weighted by Crippen LogP contribution is -2.33. The number of hydrogen-bond acceptors (Lipinski definition) is 1. The van der Waals surface area contributed by atoms with Crippen molar-refractivity contribution in [2.45, 2.75) is 19.0 Å². The highest BCUT2D eigenvalue weighted by Gasteiger charge is 2.22. The van der Waals surface area contributed by atoms with Gasteiger partial charge in [-0.2, -0.15) is 0 Å². The fourth-order valence-corrected chi connectivity index (χ4v) is 1.46. The Balaban J connectivity index is 2.64. The molecule has 1 aromatic carbocycles. The third-order valence-corrected chi connectivity index (χ3v) is 2.03. The van der Waals surface area contributed by atoms with E-state index in [-0.39, 0.29) is 5.82 Å². The average molecular weight is 199 g/mol. The zero-order chi connectivity index (χ0) is 10.6. The molecule has 0 heterocycles. The van der Waals surface area contributed by atoms with E-state index in [1.165, 1.54) is 19.1 Å². The molecular weight excluding hydrogens is 184 g/mol. The summed E-state index contributed by atoms with van der Waals surface area (Å²) >= 11 is 0. The van der Waals surface area contributed by atoms with Crippen LogP contribution in [0, 0.1) is 5.82 Å². The highest BCUT2D eigenvalue weighted by Crippen LogP contribution is 2.16. The second kappa shape index (κ2) is 4.51. The SMILES string of the molecule is CNCC(C)(F)Cc1ccc(F)cc1. The monoisotopic (exact) mass is 199 g/mol. The molecule has 0 fully saturated rings. The number of rotatable bonds is 4. The van der Waals surface area contributed by atoms with Gasteiger partial charge in [-0.05, 0) is 31.7 Å². The molecule has 1 unspecified atom stereocenters. The van der Waals surface area contributed by atoms with Crippen molar-refractivity contribution in [3.63, 3.8) is 0 Å². The van der Waals surface area contributed by atoms with Gasteiger partial charge >= 0.3 is 0 Å². The molecule has 0 radical (unpaired) electrons. The minimum atomic E-state index is -1.29. The molecule has 0 aliphatic carbocycles. The van der Waals surface area contributed by atoms with Gasteiger partial charge in [-0.15, -0.1) is 0 Å². The first-order valence-corrected chi connectivity index (χ1v) is 4.61. The van der Waals surface area contributed by atoms with Crippen molar-refractivity contribution in [2.24, 2.45) is 0 Å². The van der Waals surface area contributed by atoms with Crippen LogP contribution in [0.2, 0.25) is 0 Å². The summed E-state index contributed by atoms with van der Waals surface area (Å²) in [5.74, 6) is -0.289.